The van der Waals surface area contributed by atoms with Crippen LogP contribution >= 0.6 is 0 Å². The molecule has 116 valence electrons. The van der Waals surface area contributed by atoms with Gasteiger partial charge in [0, 0.05) is 6.07 Å². The lowest BCUT2D eigenvalue weighted by atomic mass is 9.94. The standard InChI is InChI=1S/C16H22FNO3/c1-3-8-18-16(15(19)20,12-5-6-12)10-21-13-7-4-11(2)14(17)9-13/h4,7,9,12,18H,3,5-6,8,10H2,1-2H3,(H,19,20). The Morgan fingerprint density at radius 3 is 2.76 bits per heavy atom. The van der Waals surface area contributed by atoms with Gasteiger partial charge in [-0.3, -0.25) is 10.1 Å². The molecule has 0 aromatic heterocycles. The van der Waals surface area contributed by atoms with E-state index in [2.05, 4.69) is 5.32 Å². The van der Waals surface area contributed by atoms with Gasteiger partial charge in [-0.2, -0.15) is 0 Å². The summed E-state index contributed by atoms with van der Waals surface area (Å²) in [5, 5.41) is 12.7. The molecule has 2 rings (SSSR count). The van der Waals surface area contributed by atoms with Gasteiger partial charge in [0.25, 0.3) is 0 Å². The third-order valence-electron chi connectivity index (χ3n) is 3.96. The molecular weight excluding hydrogens is 273 g/mol. The van der Waals surface area contributed by atoms with Gasteiger partial charge in [-0.05, 0) is 50.3 Å². The van der Waals surface area contributed by atoms with Crippen LogP contribution in [0.3, 0.4) is 0 Å². The van der Waals surface area contributed by atoms with Crippen molar-refractivity contribution in [2.75, 3.05) is 13.2 Å². The molecule has 4 nitrogen and oxygen atoms in total. The predicted octanol–water partition coefficient (Wildman–Crippen LogP) is 2.75. The van der Waals surface area contributed by atoms with Gasteiger partial charge in [-0.15, -0.1) is 0 Å². The van der Waals surface area contributed by atoms with Crippen LogP contribution in [-0.4, -0.2) is 29.8 Å². The largest absolute Gasteiger partial charge is 0.491 e. The number of halogens is 1. The van der Waals surface area contributed by atoms with Crippen molar-refractivity contribution in [3.05, 3.63) is 29.6 Å². The van der Waals surface area contributed by atoms with E-state index in [0.29, 0.717) is 17.9 Å². The van der Waals surface area contributed by atoms with Crippen molar-refractivity contribution in [3.63, 3.8) is 0 Å². The molecule has 1 saturated carbocycles. The van der Waals surface area contributed by atoms with Crippen molar-refractivity contribution in [2.24, 2.45) is 5.92 Å². The van der Waals surface area contributed by atoms with E-state index < -0.39 is 11.5 Å². The minimum Gasteiger partial charge on any atom is -0.491 e. The Bertz CT molecular complexity index is 516. The highest BCUT2D eigenvalue weighted by Crippen LogP contribution is 2.40. The maximum absolute atomic E-state index is 13.5. The molecule has 1 aromatic rings. The number of carboxylic acids is 1. The minimum atomic E-state index is -1.07. The molecular formula is C16H22FNO3. The smallest absolute Gasteiger partial charge is 0.327 e. The van der Waals surface area contributed by atoms with Crippen LogP contribution in [0, 0.1) is 18.7 Å². The van der Waals surface area contributed by atoms with Gasteiger partial charge < -0.3 is 9.84 Å². The third kappa shape index (κ3) is 3.53. The van der Waals surface area contributed by atoms with Crippen LogP contribution in [0.2, 0.25) is 0 Å². The number of hydrogen-bond donors (Lipinski definition) is 2. The number of carboxylic acid groups (broad SMARTS) is 1. The Morgan fingerprint density at radius 2 is 2.24 bits per heavy atom. The summed E-state index contributed by atoms with van der Waals surface area (Å²) in [6, 6.07) is 4.59. The third-order valence-corrected chi connectivity index (χ3v) is 3.96. The van der Waals surface area contributed by atoms with E-state index in [0.717, 1.165) is 19.3 Å². The first-order chi connectivity index (χ1) is 9.99. The molecule has 1 atom stereocenters. The normalized spacial score (nSPS) is 17.3. The molecule has 1 aromatic carbocycles. The molecule has 1 aliphatic carbocycles. The number of benzene rings is 1. The molecule has 0 bridgehead atoms. The highest BCUT2D eigenvalue weighted by atomic mass is 19.1. The van der Waals surface area contributed by atoms with E-state index in [1.54, 1.807) is 19.1 Å². The molecule has 0 radical (unpaired) electrons. The maximum Gasteiger partial charge on any atom is 0.327 e. The van der Waals surface area contributed by atoms with Gasteiger partial charge >= 0.3 is 5.97 Å². The number of aryl methyl sites for hydroxylation is 1. The van der Waals surface area contributed by atoms with Crippen LogP contribution in [0.5, 0.6) is 5.75 Å². The van der Waals surface area contributed by atoms with Gasteiger partial charge in [-0.25, -0.2) is 4.39 Å². The zero-order valence-electron chi connectivity index (χ0n) is 12.5. The van der Waals surface area contributed by atoms with Crippen molar-refractivity contribution in [2.45, 2.75) is 38.6 Å². The van der Waals surface area contributed by atoms with E-state index in [1.165, 1.54) is 6.07 Å². The van der Waals surface area contributed by atoms with E-state index >= 15 is 0 Å². The highest BCUT2D eigenvalue weighted by Gasteiger charge is 2.51. The fraction of sp³-hybridized carbons (Fsp3) is 0.562. The average molecular weight is 295 g/mol. The van der Waals surface area contributed by atoms with Crippen molar-refractivity contribution in [1.29, 1.82) is 0 Å². The molecule has 0 aliphatic heterocycles. The SMILES string of the molecule is CCCNC(COc1ccc(C)c(F)c1)(C(=O)O)C1CC1. The number of ether oxygens (including phenoxy) is 1. The first-order valence-corrected chi connectivity index (χ1v) is 7.37. The van der Waals surface area contributed by atoms with Crippen molar-refractivity contribution >= 4 is 5.97 Å². The van der Waals surface area contributed by atoms with Crippen molar-refractivity contribution in [1.82, 2.24) is 5.32 Å². The zero-order valence-corrected chi connectivity index (χ0v) is 12.5. The summed E-state index contributed by atoms with van der Waals surface area (Å²) in [5.74, 6) is -0.799. The summed E-state index contributed by atoms with van der Waals surface area (Å²) in [5.41, 5.74) is -0.532. The quantitative estimate of drug-likeness (QED) is 0.774. The second-order valence-corrected chi connectivity index (χ2v) is 5.68. The van der Waals surface area contributed by atoms with Crippen molar-refractivity contribution in [3.8, 4) is 5.75 Å². The molecule has 1 aliphatic rings. The summed E-state index contributed by atoms with van der Waals surface area (Å²) in [4.78, 5) is 11.7. The lowest BCUT2D eigenvalue weighted by Crippen LogP contribution is -2.58. The first kappa shape index (κ1) is 15.8. The number of hydrogen-bond acceptors (Lipinski definition) is 3. The molecule has 2 N–H and O–H groups in total. The lowest BCUT2D eigenvalue weighted by Gasteiger charge is -2.30. The predicted molar refractivity (Wildman–Crippen MR) is 78.0 cm³/mol. The van der Waals surface area contributed by atoms with Crippen LogP contribution in [0.1, 0.15) is 31.7 Å². The number of nitrogens with one attached hydrogen (secondary N) is 1. The lowest BCUT2D eigenvalue weighted by molar-refractivity contribution is -0.147. The summed E-state index contributed by atoms with van der Waals surface area (Å²) in [7, 11) is 0. The Morgan fingerprint density at radius 1 is 1.52 bits per heavy atom. The number of aliphatic carboxylic acids is 1. The maximum atomic E-state index is 13.5. The number of carbonyl (C=O) groups is 1. The molecule has 1 unspecified atom stereocenters. The van der Waals surface area contributed by atoms with Gasteiger partial charge in [-0.1, -0.05) is 13.0 Å². The molecule has 21 heavy (non-hydrogen) atoms. The van der Waals surface area contributed by atoms with Crippen molar-refractivity contribution < 1.29 is 19.0 Å². The minimum absolute atomic E-state index is 0.00943. The molecule has 0 amide bonds. The second-order valence-electron chi connectivity index (χ2n) is 5.68. The molecule has 0 saturated heterocycles. The van der Waals surface area contributed by atoms with Gasteiger partial charge in [0.05, 0.1) is 0 Å². The van der Waals surface area contributed by atoms with Crippen LogP contribution in [-0.2, 0) is 4.79 Å². The average Bonchev–Trinajstić information content (AvgIpc) is 3.27. The fourth-order valence-corrected chi connectivity index (χ4v) is 2.41. The Kier molecular flexibility index (Phi) is 4.83. The second kappa shape index (κ2) is 6.43. The van der Waals surface area contributed by atoms with Crippen LogP contribution < -0.4 is 10.1 Å². The molecule has 5 heteroatoms. The molecule has 0 spiro atoms. The highest BCUT2D eigenvalue weighted by molar-refractivity contribution is 5.80. The molecule has 1 fully saturated rings. The summed E-state index contributed by atoms with van der Waals surface area (Å²) in [6.07, 6.45) is 2.62. The summed E-state index contributed by atoms with van der Waals surface area (Å²) >= 11 is 0. The van der Waals surface area contributed by atoms with Gasteiger partial charge in [0.2, 0.25) is 0 Å². The summed E-state index contributed by atoms with van der Waals surface area (Å²) in [6.45, 7) is 4.29. The fourth-order valence-electron chi connectivity index (χ4n) is 2.41. The Balaban J connectivity index is 2.10. The zero-order chi connectivity index (χ0) is 15.5. The van der Waals surface area contributed by atoms with Gasteiger partial charge in [0.1, 0.15) is 18.2 Å². The van der Waals surface area contributed by atoms with E-state index in [1.807, 2.05) is 6.92 Å². The monoisotopic (exact) mass is 295 g/mol. The van der Waals surface area contributed by atoms with Crippen LogP contribution in [0.15, 0.2) is 18.2 Å². The first-order valence-electron chi connectivity index (χ1n) is 7.37. The van der Waals surface area contributed by atoms with Crippen LogP contribution in [0.25, 0.3) is 0 Å². The number of rotatable bonds is 8. The summed E-state index contributed by atoms with van der Waals surface area (Å²) < 4.78 is 19.1. The van der Waals surface area contributed by atoms with E-state index in [-0.39, 0.29) is 18.3 Å². The topological polar surface area (TPSA) is 58.6 Å². The van der Waals surface area contributed by atoms with E-state index in [9.17, 15) is 14.3 Å². The van der Waals surface area contributed by atoms with E-state index in [4.69, 9.17) is 4.74 Å². The Hall–Kier alpha value is -1.62. The molecule has 0 heterocycles. The Labute approximate surface area is 124 Å². The van der Waals surface area contributed by atoms with Gasteiger partial charge in [0.15, 0.2) is 5.54 Å². The van der Waals surface area contributed by atoms with Crippen LogP contribution in [0.4, 0.5) is 4.39 Å².